The Bertz CT molecular complexity index is 1190. The Morgan fingerprint density at radius 3 is 2.55 bits per heavy atom. The zero-order valence-electron chi connectivity index (χ0n) is 17.6. The zero-order valence-corrected chi connectivity index (χ0v) is 17.6. The summed E-state index contributed by atoms with van der Waals surface area (Å²) in [6, 6.07) is 25.6. The van der Waals surface area contributed by atoms with Gasteiger partial charge in [-0.05, 0) is 50.8 Å². The van der Waals surface area contributed by atoms with Gasteiger partial charge in [0.05, 0.1) is 0 Å². The molecule has 6 nitrogen and oxygen atoms in total. The summed E-state index contributed by atoms with van der Waals surface area (Å²) in [6.07, 6.45) is 4.49. The molecule has 31 heavy (non-hydrogen) atoms. The summed E-state index contributed by atoms with van der Waals surface area (Å²) in [4.78, 5) is 4.09. The molecule has 0 fully saturated rings. The molecule has 5 rings (SSSR count). The van der Waals surface area contributed by atoms with Crippen LogP contribution in [0, 0.1) is 0 Å². The highest BCUT2D eigenvalue weighted by molar-refractivity contribution is 5.70. The van der Waals surface area contributed by atoms with Crippen LogP contribution in [0.3, 0.4) is 0 Å². The summed E-state index contributed by atoms with van der Waals surface area (Å²) in [7, 11) is 0. The maximum atomic E-state index is 4.00. The van der Waals surface area contributed by atoms with Crippen LogP contribution in [0.4, 0.5) is 0 Å². The van der Waals surface area contributed by atoms with Gasteiger partial charge in [0.25, 0.3) is 0 Å². The monoisotopic (exact) mass is 409 g/mol. The number of benzene rings is 3. The van der Waals surface area contributed by atoms with Gasteiger partial charge in [-0.1, -0.05) is 73.7 Å². The van der Waals surface area contributed by atoms with E-state index < -0.39 is 0 Å². The SMILES string of the molecule is CCCN(Cc1ccc(-c2ccccc2-[n+]2nnn[nH]2)cc1)C1=Cc2ccccc2C1. The number of H-pyrrole nitrogens is 1. The Hall–Kier alpha value is -3.80. The lowest BCUT2D eigenvalue weighted by atomic mass is 10.0. The minimum Gasteiger partial charge on any atom is -0.370 e. The van der Waals surface area contributed by atoms with Crippen molar-refractivity contribution in [1.29, 1.82) is 0 Å². The highest BCUT2D eigenvalue weighted by atomic mass is 15.7. The molecule has 1 aromatic heterocycles. The van der Waals surface area contributed by atoms with Crippen LogP contribution in [-0.4, -0.2) is 32.3 Å². The Kier molecular flexibility index (Phi) is 5.27. The topological polar surface area (TPSA) is 61.6 Å². The Labute approximate surface area is 181 Å². The molecule has 0 saturated heterocycles. The van der Waals surface area contributed by atoms with Crippen LogP contribution >= 0.6 is 0 Å². The summed E-state index contributed by atoms with van der Waals surface area (Å²) < 4.78 is 0. The fourth-order valence-electron chi connectivity index (χ4n) is 4.22. The van der Waals surface area contributed by atoms with Crippen molar-refractivity contribution in [1.82, 2.24) is 25.8 Å². The molecule has 0 atom stereocenters. The number of allylic oxidation sites excluding steroid dienone is 1. The van der Waals surface area contributed by atoms with Gasteiger partial charge < -0.3 is 4.90 Å². The molecule has 3 aromatic carbocycles. The minimum absolute atomic E-state index is 0.913. The van der Waals surface area contributed by atoms with E-state index >= 15 is 0 Å². The number of hydrogen-bond donors (Lipinski definition) is 1. The van der Waals surface area contributed by atoms with E-state index in [-0.39, 0.29) is 0 Å². The van der Waals surface area contributed by atoms with Crippen LogP contribution in [0.25, 0.3) is 22.9 Å². The highest BCUT2D eigenvalue weighted by Crippen LogP contribution is 2.29. The number of aromatic nitrogens is 5. The number of aromatic amines is 1. The quantitative estimate of drug-likeness (QED) is 0.470. The zero-order chi connectivity index (χ0) is 21.0. The summed E-state index contributed by atoms with van der Waals surface area (Å²) in [6.45, 7) is 4.21. The number of nitrogens with one attached hydrogen (secondary N) is 1. The largest absolute Gasteiger partial charge is 0.370 e. The van der Waals surface area contributed by atoms with Crippen LogP contribution in [0.15, 0.2) is 78.5 Å². The molecule has 1 N–H and O–H groups in total. The first kappa shape index (κ1) is 19.2. The van der Waals surface area contributed by atoms with E-state index in [1.807, 2.05) is 18.2 Å². The van der Waals surface area contributed by atoms with Crippen LogP contribution in [0.1, 0.15) is 30.0 Å². The first-order chi connectivity index (χ1) is 15.3. The average molecular weight is 410 g/mol. The van der Waals surface area contributed by atoms with E-state index in [1.54, 1.807) is 4.80 Å². The van der Waals surface area contributed by atoms with Crippen LogP contribution < -0.4 is 4.80 Å². The fraction of sp³-hybridized carbons (Fsp3) is 0.200. The smallest absolute Gasteiger partial charge is 0.231 e. The number of hydrogen-bond acceptors (Lipinski definition) is 4. The first-order valence-corrected chi connectivity index (χ1v) is 10.7. The maximum Gasteiger partial charge on any atom is 0.231 e. The second-order valence-corrected chi connectivity index (χ2v) is 7.84. The second-order valence-electron chi connectivity index (χ2n) is 7.84. The van der Waals surface area contributed by atoms with Gasteiger partial charge in [-0.3, -0.25) is 0 Å². The molecule has 0 saturated carbocycles. The van der Waals surface area contributed by atoms with Crippen LogP contribution in [0.5, 0.6) is 0 Å². The third-order valence-electron chi connectivity index (χ3n) is 5.73. The number of rotatable bonds is 7. The molecular formula is C25H25N6+. The van der Waals surface area contributed by atoms with Gasteiger partial charge in [0.2, 0.25) is 10.4 Å². The molecule has 6 heteroatoms. The van der Waals surface area contributed by atoms with Crippen LogP contribution in [-0.2, 0) is 13.0 Å². The predicted octanol–water partition coefficient (Wildman–Crippen LogP) is 3.95. The molecule has 0 radical (unpaired) electrons. The average Bonchev–Trinajstić information content (AvgIpc) is 3.49. The predicted molar refractivity (Wildman–Crippen MR) is 120 cm³/mol. The van der Waals surface area contributed by atoms with Gasteiger partial charge in [0.1, 0.15) is 5.21 Å². The molecule has 1 aliphatic carbocycles. The summed E-state index contributed by atoms with van der Waals surface area (Å²) in [5.74, 6) is 0. The molecule has 0 spiro atoms. The van der Waals surface area contributed by atoms with Crippen LogP contribution in [0.2, 0.25) is 0 Å². The van der Waals surface area contributed by atoms with Crippen molar-refractivity contribution in [2.75, 3.05) is 6.54 Å². The lowest BCUT2D eigenvalue weighted by Gasteiger charge is -2.26. The lowest BCUT2D eigenvalue weighted by Crippen LogP contribution is -2.36. The minimum atomic E-state index is 0.913. The normalized spacial score (nSPS) is 12.5. The summed E-state index contributed by atoms with van der Waals surface area (Å²) >= 11 is 0. The van der Waals surface area contributed by atoms with E-state index in [9.17, 15) is 0 Å². The van der Waals surface area contributed by atoms with Gasteiger partial charge >= 0.3 is 0 Å². The van der Waals surface area contributed by atoms with Gasteiger partial charge in [-0.2, -0.15) is 0 Å². The Morgan fingerprint density at radius 2 is 1.77 bits per heavy atom. The molecule has 154 valence electrons. The molecule has 0 amide bonds. The number of para-hydroxylation sites is 1. The molecule has 0 unspecified atom stereocenters. The number of fused-ring (bicyclic) bond motifs is 1. The van der Waals surface area contributed by atoms with Crippen molar-refractivity contribution in [3.8, 4) is 16.8 Å². The van der Waals surface area contributed by atoms with Gasteiger partial charge in [0, 0.05) is 30.8 Å². The van der Waals surface area contributed by atoms with Gasteiger partial charge in [-0.25, -0.2) is 0 Å². The molecule has 1 aliphatic rings. The second kappa shape index (κ2) is 8.52. The molecule has 0 aliphatic heterocycles. The third-order valence-corrected chi connectivity index (χ3v) is 5.73. The summed E-state index contributed by atoms with van der Waals surface area (Å²) in [5, 5.41) is 14.1. The molecule has 4 aromatic rings. The van der Waals surface area contributed by atoms with Crippen molar-refractivity contribution in [2.24, 2.45) is 0 Å². The van der Waals surface area contributed by atoms with E-state index in [1.165, 1.54) is 22.4 Å². The Morgan fingerprint density at radius 1 is 0.968 bits per heavy atom. The van der Waals surface area contributed by atoms with E-state index in [0.717, 1.165) is 42.7 Å². The highest BCUT2D eigenvalue weighted by Gasteiger charge is 2.18. The fourth-order valence-corrected chi connectivity index (χ4v) is 4.22. The molecule has 1 heterocycles. The summed E-state index contributed by atoms with van der Waals surface area (Å²) in [5.41, 5.74) is 8.62. The van der Waals surface area contributed by atoms with Crippen molar-refractivity contribution in [3.05, 3.63) is 95.2 Å². The van der Waals surface area contributed by atoms with Gasteiger partial charge in [-0.15, -0.1) is 0 Å². The van der Waals surface area contributed by atoms with Crippen molar-refractivity contribution >= 4 is 6.08 Å². The third kappa shape index (κ3) is 3.97. The molecule has 0 bridgehead atoms. The van der Waals surface area contributed by atoms with Gasteiger partial charge in [0.15, 0.2) is 5.69 Å². The van der Waals surface area contributed by atoms with E-state index in [0.29, 0.717) is 0 Å². The molecular weight excluding hydrogens is 384 g/mol. The van der Waals surface area contributed by atoms with Crippen molar-refractivity contribution < 1.29 is 4.80 Å². The van der Waals surface area contributed by atoms with E-state index in [4.69, 9.17) is 0 Å². The number of nitrogens with zero attached hydrogens (tertiary/aromatic N) is 5. The van der Waals surface area contributed by atoms with Crippen molar-refractivity contribution in [2.45, 2.75) is 26.3 Å². The lowest BCUT2D eigenvalue weighted by molar-refractivity contribution is -0.719. The van der Waals surface area contributed by atoms with E-state index in [2.05, 4.69) is 93.4 Å². The Balaban J connectivity index is 1.37. The maximum absolute atomic E-state index is 4.00. The standard InChI is InChI=1S/C25H24N6/c1-2-15-30(23-16-21-7-3-4-8-22(21)17-23)18-19-11-13-20(14-12-19)24-9-5-6-10-25(24)31-28-26-27-29-31/h3-14,16H,2,15,17-18H2,1H3/p+1. The first-order valence-electron chi connectivity index (χ1n) is 10.7. The van der Waals surface area contributed by atoms with Crippen molar-refractivity contribution in [3.63, 3.8) is 0 Å².